The van der Waals surface area contributed by atoms with Crippen LogP contribution in [0.1, 0.15) is 45.4 Å². The number of aliphatic hydroxyl groups excluding tert-OH is 1. The number of ether oxygens (including phenoxy) is 1. The summed E-state index contributed by atoms with van der Waals surface area (Å²) >= 11 is 0. The van der Waals surface area contributed by atoms with E-state index in [1.807, 2.05) is 0 Å². The SMILES string of the molecule is COCC(O)CCNC(C)C1CCCCC1. The first-order valence-electron chi connectivity index (χ1n) is 6.64. The maximum absolute atomic E-state index is 9.51. The molecule has 3 nitrogen and oxygen atoms in total. The van der Waals surface area contributed by atoms with Gasteiger partial charge >= 0.3 is 0 Å². The summed E-state index contributed by atoms with van der Waals surface area (Å²) in [6, 6.07) is 0.593. The second-order valence-electron chi connectivity index (χ2n) is 5.04. The molecule has 1 rings (SSSR count). The summed E-state index contributed by atoms with van der Waals surface area (Å²) in [5.74, 6) is 0.841. The molecule has 1 fully saturated rings. The summed E-state index contributed by atoms with van der Waals surface area (Å²) in [5.41, 5.74) is 0. The van der Waals surface area contributed by atoms with E-state index < -0.39 is 0 Å². The summed E-state index contributed by atoms with van der Waals surface area (Å²) in [6.07, 6.45) is 7.40. The Morgan fingerprint density at radius 1 is 1.31 bits per heavy atom. The molecule has 16 heavy (non-hydrogen) atoms. The molecule has 0 bridgehead atoms. The second kappa shape index (κ2) is 8.04. The molecule has 2 atom stereocenters. The van der Waals surface area contributed by atoms with E-state index in [-0.39, 0.29) is 6.10 Å². The molecule has 0 spiro atoms. The Bertz CT molecular complexity index is 169. The molecule has 0 aromatic heterocycles. The van der Waals surface area contributed by atoms with Crippen molar-refractivity contribution in [1.82, 2.24) is 5.32 Å². The number of rotatable bonds is 7. The van der Waals surface area contributed by atoms with E-state index in [1.54, 1.807) is 7.11 Å². The van der Waals surface area contributed by atoms with Crippen LogP contribution in [-0.2, 0) is 4.74 Å². The highest BCUT2D eigenvalue weighted by Gasteiger charge is 2.19. The van der Waals surface area contributed by atoms with Crippen molar-refractivity contribution in [2.24, 2.45) is 5.92 Å². The lowest BCUT2D eigenvalue weighted by molar-refractivity contribution is 0.0585. The van der Waals surface area contributed by atoms with Crippen molar-refractivity contribution in [3.8, 4) is 0 Å². The van der Waals surface area contributed by atoms with Gasteiger partial charge in [0.05, 0.1) is 12.7 Å². The Hall–Kier alpha value is -0.120. The van der Waals surface area contributed by atoms with Crippen molar-refractivity contribution in [2.75, 3.05) is 20.3 Å². The van der Waals surface area contributed by atoms with E-state index in [1.165, 1.54) is 32.1 Å². The molecule has 1 aliphatic rings. The maximum atomic E-state index is 9.51. The van der Waals surface area contributed by atoms with Crippen LogP contribution in [0.25, 0.3) is 0 Å². The van der Waals surface area contributed by atoms with E-state index in [2.05, 4.69) is 12.2 Å². The minimum absolute atomic E-state index is 0.323. The van der Waals surface area contributed by atoms with E-state index in [9.17, 15) is 5.11 Å². The molecule has 2 unspecified atom stereocenters. The third-order valence-corrected chi connectivity index (χ3v) is 3.66. The van der Waals surface area contributed by atoms with Gasteiger partial charge in [0.1, 0.15) is 0 Å². The van der Waals surface area contributed by atoms with Gasteiger partial charge in [0.25, 0.3) is 0 Å². The predicted octanol–water partition coefficient (Wildman–Crippen LogP) is 1.94. The lowest BCUT2D eigenvalue weighted by Gasteiger charge is -2.28. The number of aliphatic hydroxyl groups is 1. The van der Waals surface area contributed by atoms with Crippen LogP contribution in [0.3, 0.4) is 0 Å². The van der Waals surface area contributed by atoms with Crippen molar-refractivity contribution < 1.29 is 9.84 Å². The first-order valence-corrected chi connectivity index (χ1v) is 6.64. The van der Waals surface area contributed by atoms with Crippen molar-refractivity contribution in [3.05, 3.63) is 0 Å². The molecule has 0 aromatic rings. The van der Waals surface area contributed by atoms with Gasteiger partial charge in [-0.1, -0.05) is 19.3 Å². The van der Waals surface area contributed by atoms with Crippen LogP contribution in [-0.4, -0.2) is 37.5 Å². The highest BCUT2D eigenvalue weighted by Crippen LogP contribution is 2.26. The first kappa shape index (κ1) is 13.9. The lowest BCUT2D eigenvalue weighted by atomic mass is 9.84. The molecule has 1 saturated carbocycles. The lowest BCUT2D eigenvalue weighted by Crippen LogP contribution is -2.36. The molecule has 3 heteroatoms. The van der Waals surface area contributed by atoms with E-state index in [0.29, 0.717) is 12.6 Å². The fourth-order valence-electron chi connectivity index (χ4n) is 2.55. The smallest absolute Gasteiger partial charge is 0.0785 e. The number of hydrogen-bond donors (Lipinski definition) is 2. The first-order chi connectivity index (χ1) is 7.74. The molecular weight excluding hydrogens is 202 g/mol. The Labute approximate surface area is 99.6 Å². The number of nitrogens with one attached hydrogen (secondary N) is 1. The van der Waals surface area contributed by atoms with Crippen molar-refractivity contribution >= 4 is 0 Å². The Kier molecular flexibility index (Phi) is 7.01. The van der Waals surface area contributed by atoms with Gasteiger partial charge in [0.2, 0.25) is 0 Å². The van der Waals surface area contributed by atoms with Crippen LogP contribution in [0.5, 0.6) is 0 Å². The number of methoxy groups -OCH3 is 1. The third-order valence-electron chi connectivity index (χ3n) is 3.66. The zero-order chi connectivity index (χ0) is 11.8. The van der Waals surface area contributed by atoms with Crippen LogP contribution in [0.2, 0.25) is 0 Å². The van der Waals surface area contributed by atoms with Gasteiger partial charge in [-0.2, -0.15) is 0 Å². The van der Waals surface area contributed by atoms with E-state index >= 15 is 0 Å². The molecule has 0 aromatic carbocycles. The molecule has 0 heterocycles. The highest BCUT2D eigenvalue weighted by atomic mass is 16.5. The van der Waals surface area contributed by atoms with Crippen LogP contribution in [0, 0.1) is 5.92 Å². The molecular formula is C13H27NO2. The monoisotopic (exact) mass is 229 g/mol. The predicted molar refractivity (Wildman–Crippen MR) is 66.5 cm³/mol. The molecule has 0 amide bonds. The molecule has 0 saturated heterocycles. The largest absolute Gasteiger partial charge is 0.391 e. The Morgan fingerprint density at radius 2 is 2.00 bits per heavy atom. The van der Waals surface area contributed by atoms with Crippen LogP contribution in [0.15, 0.2) is 0 Å². The minimum atomic E-state index is -0.323. The molecule has 1 aliphatic carbocycles. The summed E-state index contributed by atoms with van der Waals surface area (Å²) < 4.78 is 4.90. The minimum Gasteiger partial charge on any atom is -0.391 e. The average Bonchev–Trinajstić information content (AvgIpc) is 2.30. The fourth-order valence-corrected chi connectivity index (χ4v) is 2.55. The van der Waals surface area contributed by atoms with Gasteiger partial charge in [0.15, 0.2) is 0 Å². The van der Waals surface area contributed by atoms with Crippen LogP contribution >= 0.6 is 0 Å². The molecule has 2 N–H and O–H groups in total. The van der Waals surface area contributed by atoms with Crippen molar-refractivity contribution in [1.29, 1.82) is 0 Å². The van der Waals surface area contributed by atoms with Crippen molar-refractivity contribution in [2.45, 2.75) is 57.6 Å². The summed E-state index contributed by atoms with van der Waals surface area (Å²) in [5, 5.41) is 13.0. The average molecular weight is 229 g/mol. The summed E-state index contributed by atoms with van der Waals surface area (Å²) in [4.78, 5) is 0. The quantitative estimate of drug-likeness (QED) is 0.701. The Morgan fingerprint density at radius 3 is 2.62 bits per heavy atom. The van der Waals surface area contributed by atoms with Crippen LogP contribution in [0.4, 0.5) is 0 Å². The number of hydrogen-bond acceptors (Lipinski definition) is 3. The van der Waals surface area contributed by atoms with Gasteiger partial charge in [-0.25, -0.2) is 0 Å². The summed E-state index contributed by atoms with van der Waals surface area (Å²) in [7, 11) is 1.63. The van der Waals surface area contributed by atoms with Gasteiger partial charge in [-0.3, -0.25) is 0 Å². The zero-order valence-electron chi connectivity index (χ0n) is 10.7. The topological polar surface area (TPSA) is 41.5 Å². The van der Waals surface area contributed by atoms with Gasteiger partial charge < -0.3 is 15.2 Å². The fraction of sp³-hybridized carbons (Fsp3) is 1.00. The standard InChI is InChI=1S/C13H27NO2/c1-11(12-6-4-3-5-7-12)14-9-8-13(15)10-16-2/h11-15H,3-10H2,1-2H3. The second-order valence-corrected chi connectivity index (χ2v) is 5.04. The van der Waals surface area contributed by atoms with Crippen LogP contribution < -0.4 is 5.32 Å². The maximum Gasteiger partial charge on any atom is 0.0785 e. The Balaban J connectivity index is 2.07. The molecule has 96 valence electrons. The van der Waals surface area contributed by atoms with Crippen molar-refractivity contribution in [3.63, 3.8) is 0 Å². The highest BCUT2D eigenvalue weighted by molar-refractivity contribution is 4.76. The third kappa shape index (κ3) is 5.28. The normalized spacial score (nSPS) is 21.9. The van der Waals surface area contributed by atoms with Gasteiger partial charge in [-0.15, -0.1) is 0 Å². The zero-order valence-corrected chi connectivity index (χ0v) is 10.7. The van der Waals surface area contributed by atoms with Gasteiger partial charge in [0, 0.05) is 13.2 Å². The summed E-state index contributed by atoms with van der Waals surface area (Å²) in [6.45, 7) is 3.61. The van der Waals surface area contributed by atoms with E-state index in [4.69, 9.17) is 4.74 Å². The van der Waals surface area contributed by atoms with E-state index in [0.717, 1.165) is 18.9 Å². The van der Waals surface area contributed by atoms with Gasteiger partial charge in [-0.05, 0) is 38.6 Å². The molecule has 0 aliphatic heterocycles. The molecule has 0 radical (unpaired) electrons.